The van der Waals surface area contributed by atoms with Gasteiger partial charge in [-0.15, -0.1) is 11.8 Å². The van der Waals surface area contributed by atoms with E-state index in [1.165, 1.54) is 6.26 Å². The molecule has 1 nitrogen and oxygen atoms in total. The van der Waals surface area contributed by atoms with Gasteiger partial charge in [0, 0.05) is 0 Å². The van der Waals surface area contributed by atoms with Crippen LogP contribution < -0.4 is 5.73 Å². The van der Waals surface area contributed by atoms with Crippen LogP contribution in [-0.2, 0) is 6.42 Å². The van der Waals surface area contributed by atoms with Gasteiger partial charge in [0.15, 0.2) is 11.6 Å². The predicted octanol–water partition coefficient (Wildman–Crippen LogP) is 2.33. The van der Waals surface area contributed by atoms with Crippen LogP contribution in [-0.4, -0.2) is 12.8 Å². The fraction of sp³-hybridized carbons (Fsp3) is 0.333. The lowest BCUT2D eigenvalue weighted by molar-refractivity contribution is 0.458. The zero-order valence-corrected chi connectivity index (χ0v) is 8.43. The van der Waals surface area contributed by atoms with Crippen molar-refractivity contribution in [2.45, 2.75) is 11.3 Å². The molecule has 0 heterocycles. The Balaban J connectivity index is 3.25. The van der Waals surface area contributed by atoms with Crippen LogP contribution >= 0.6 is 11.8 Å². The number of halogens is 3. The van der Waals surface area contributed by atoms with Gasteiger partial charge < -0.3 is 5.73 Å². The number of hydrogen-bond acceptors (Lipinski definition) is 2. The topological polar surface area (TPSA) is 26.0 Å². The maximum absolute atomic E-state index is 13.2. The van der Waals surface area contributed by atoms with Crippen molar-refractivity contribution >= 4 is 11.8 Å². The Morgan fingerprint density at radius 3 is 2.43 bits per heavy atom. The SMILES string of the molecule is CSc1c(F)cc(CCN)c(F)c1F. The molecule has 1 rings (SSSR count). The molecule has 0 fully saturated rings. The van der Waals surface area contributed by atoms with E-state index in [0.717, 1.165) is 17.8 Å². The highest BCUT2D eigenvalue weighted by atomic mass is 32.2. The van der Waals surface area contributed by atoms with E-state index in [1.54, 1.807) is 0 Å². The largest absolute Gasteiger partial charge is 0.330 e. The minimum Gasteiger partial charge on any atom is -0.330 e. The van der Waals surface area contributed by atoms with Gasteiger partial charge in [-0.3, -0.25) is 0 Å². The Morgan fingerprint density at radius 2 is 1.93 bits per heavy atom. The van der Waals surface area contributed by atoms with E-state index in [9.17, 15) is 13.2 Å². The summed E-state index contributed by atoms with van der Waals surface area (Å²) < 4.78 is 39.5. The molecule has 0 aliphatic carbocycles. The molecule has 0 spiro atoms. The first-order chi connectivity index (χ1) is 6.61. The molecule has 0 saturated carbocycles. The highest BCUT2D eigenvalue weighted by Gasteiger charge is 2.17. The molecule has 0 unspecified atom stereocenters. The lowest BCUT2D eigenvalue weighted by atomic mass is 10.1. The number of nitrogens with two attached hydrogens (primary N) is 1. The molecular weight excluding hydrogens is 211 g/mol. The van der Waals surface area contributed by atoms with Gasteiger partial charge in [-0.25, -0.2) is 13.2 Å². The molecule has 2 N–H and O–H groups in total. The fourth-order valence-electron chi connectivity index (χ4n) is 1.15. The second kappa shape index (κ2) is 4.70. The Labute approximate surface area is 84.5 Å². The van der Waals surface area contributed by atoms with Gasteiger partial charge in [-0.05, 0) is 30.9 Å². The molecule has 0 aliphatic rings. The Kier molecular flexibility index (Phi) is 3.83. The molecule has 5 heteroatoms. The highest BCUT2D eigenvalue weighted by Crippen LogP contribution is 2.27. The van der Waals surface area contributed by atoms with Crippen molar-refractivity contribution in [2.75, 3.05) is 12.8 Å². The molecule has 0 aliphatic heterocycles. The molecule has 0 saturated heterocycles. The van der Waals surface area contributed by atoms with E-state index in [2.05, 4.69) is 0 Å². The predicted molar refractivity (Wildman–Crippen MR) is 50.9 cm³/mol. The van der Waals surface area contributed by atoms with Gasteiger partial charge in [0.1, 0.15) is 5.82 Å². The maximum Gasteiger partial charge on any atom is 0.175 e. The molecule has 14 heavy (non-hydrogen) atoms. The molecule has 1 aromatic rings. The zero-order valence-electron chi connectivity index (χ0n) is 7.61. The molecule has 0 bridgehead atoms. The van der Waals surface area contributed by atoms with E-state index >= 15 is 0 Å². The molecule has 0 aromatic heterocycles. The van der Waals surface area contributed by atoms with E-state index in [1.807, 2.05) is 0 Å². The Bertz CT molecular complexity index is 341. The number of hydrogen-bond donors (Lipinski definition) is 1. The molecular formula is C9H10F3NS. The number of benzene rings is 1. The lowest BCUT2D eigenvalue weighted by Gasteiger charge is -2.07. The zero-order chi connectivity index (χ0) is 10.7. The first-order valence-electron chi connectivity index (χ1n) is 4.02. The third-order valence-electron chi connectivity index (χ3n) is 1.81. The van der Waals surface area contributed by atoms with Crippen molar-refractivity contribution in [3.05, 3.63) is 29.1 Å². The van der Waals surface area contributed by atoms with Crippen molar-refractivity contribution in [3.63, 3.8) is 0 Å². The van der Waals surface area contributed by atoms with E-state index in [-0.39, 0.29) is 23.4 Å². The van der Waals surface area contributed by atoms with Gasteiger partial charge in [0.25, 0.3) is 0 Å². The lowest BCUT2D eigenvalue weighted by Crippen LogP contribution is -2.07. The number of rotatable bonds is 3. The summed E-state index contributed by atoms with van der Waals surface area (Å²) in [6.07, 6.45) is 1.62. The fourth-order valence-corrected chi connectivity index (χ4v) is 1.67. The highest BCUT2D eigenvalue weighted by molar-refractivity contribution is 7.98. The summed E-state index contributed by atoms with van der Waals surface area (Å²) in [5.41, 5.74) is 5.17. The van der Waals surface area contributed by atoms with Crippen LogP contribution in [0.5, 0.6) is 0 Å². The average molecular weight is 221 g/mol. The monoisotopic (exact) mass is 221 g/mol. The summed E-state index contributed by atoms with van der Waals surface area (Å²) in [5, 5.41) is 0. The normalized spacial score (nSPS) is 10.6. The van der Waals surface area contributed by atoms with Crippen LogP contribution in [0.1, 0.15) is 5.56 Å². The van der Waals surface area contributed by atoms with Crippen LogP contribution in [0.15, 0.2) is 11.0 Å². The van der Waals surface area contributed by atoms with Gasteiger partial charge in [-0.1, -0.05) is 0 Å². The summed E-state index contributed by atoms with van der Waals surface area (Å²) in [6.45, 7) is 0.161. The smallest absolute Gasteiger partial charge is 0.175 e. The van der Waals surface area contributed by atoms with Crippen molar-refractivity contribution in [3.8, 4) is 0 Å². The van der Waals surface area contributed by atoms with Gasteiger partial charge in [0.05, 0.1) is 4.90 Å². The summed E-state index contributed by atoms with van der Waals surface area (Å²) in [6, 6.07) is 0.997. The molecule has 0 atom stereocenters. The quantitative estimate of drug-likeness (QED) is 0.626. The summed E-state index contributed by atoms with van der Waals surface area (Å²) in [5.74, 6) is -2.86. The molecule has 1 aromatic carbocycles. The minimum absolute atomic E-state index is 0.0136. The third-order valence-corrected chi connectivity index (χ3v) is 2.59. The van der Waals surface area contributed by atoms with E-state index < -0.39 is 17.5 Å². The first-order valence-corrected chi connectivity index (χ1v) is 5.24. The second-order valence-electron chi connectivity index (χ2n) is 2.72. The molecule has 0 amide bonds. The standard InChI is InChI=1S/C9H10F3NS/c1-14-9-6(10)4-5(2-3-13)7(11)8(9)12/h4H,2-3,13H2,1H3. The van der Waals surface area contributed by atoms with Gasteiger partial charge in [-0.2, -0.15) is 0 Å². The minimum atomic E-state index is -1.12. The molecule has 0 radical (unpaired) electrons. The Hall–Kier alpha value is -0.680. The van der Waals surface area contributed by atoms with Gasteiger partial charge in [0.2, 0.25) is 0 Å². The first kappa shape index (κ1) is 11.4. The van der Waals surface area contributed by atoms with Crippen LogP contribution in [0.2, 0.25) is 0 Å². The van der Waals surface area contributed by atoms with E-state index in [4.69, 9.17) is 5.73 Å². The average Bonchev–Trinajstić information content (AvgIpc) is 2.15. The van der Waals surface area contributed by atoms with Gasteiger partial charge >= 0.3 is 0 Å². The summed E-state index contributed by atoms with van der Waals surface area (Å²) >= 11 is 0.842. The maximum atomic E-state index is 13.2. The van der Waals surface area contributed by atoms with E-state index in [0.29, 0.717) is 0 Å². The molecule has 78 valence electrons. The van der Waals surface area contributed by atoms with Crippen molar-refractivity contribution < 1.29 is 13.2 Å². The Morgan fingerprint density at radius 1 is 1.29 bits per heavy atom. The second-order valence-corrected chi connectivity index (χ2v) is 3.53. The van der Waals surface area contributed by atoms with Crippen LogP contribution in [0.4, 0.5) is 13.2 Å². The van der Waals surface area contributed by atoms with Crippen molar-refractivity contribution in [1.29, 1.82) is 0 Å². The van der Waals surface area contributed by atoms with Crippen LogP contribution in [0.25, 0.3) is 0 Å². The summed E-state index contributed by atoms with van der Waals surface area (Å²) in [7, 11) is 0. The third kappa shape index (κ3) is 2.04. The van der Waals surface area contributed by atoms with Crippen molar-refractivity contribution in [1.82, 2.24) is 0 Å². The number of thioether (sulfide) groups is 1. The van der Waals surface area contributed by atoms with Crippen LogP contribution in [0, 0.1) is 17.5 Å². The van der Waals surface area contributed by atoms with Crippen molar-refractivity contribution in [2.24, 2.45) is 5.73 Å². The van der Waals surface area contributed by atoms with Crippen LogP contribution in [0.3, 0.4) is 0 Å². The summed E-state index contributed by atoms with van der Waals surface area (Å²) in [4.78, 5) is -0.289.